The van der Waals surface area contributed by atoms with E-state index >= 15 is 0 Å². The van der Waals surface area contributed by atoms with Crippen LogP contribution in [0.25, 0.3) is 0 Å². The summed E-state index contributed by atoms with van der Waals surface area (Å²) in [5.74, 6) is 1.57. The van der Waals surface area contributed by atoms with Gasteiger partial charge in [-0.15, -0.1) is 0 Å². The van der Waals surface area contributed by atoms with Crippen LogP contribution in [0.4, 0.5) is 5.69 Å². The second-order valence-electron chi connectivity index (χ2n) is 6.83. The highest BCUT2D eigenvalue weighted by atomic mass is 79.9. The van der Waals surface area contributed by atoms with Crippen molar-refractivity contribution in [2.24, 2.45) is 11.8 Å². The average Bonchev–Trinajstić information content (AvgIpc) is 2.63. The van der Waals surface area contributed by atoms with Gasteiger partial charge in [0.05, 0.1) is 5.69 Å². The Morgan fingerprint density at radius 2 is 2.10 bits per heavy atom. The summed E-state index contributed by atoms with van der Waals surface area (Å²) >= 11 is 3.77. The Balaban J connectivity index is 1.98. The Morgan fingerprint density at radius 3 is 2.81 bits per heavy atom. The zero-order valence-electron chi connectivity index (χ0n) is 13.7. The molecule has 1 saturated heterocycles. The molecule has 1 aliphatic heterocycles. The van der Waals surface area contributed by atoms with Crippen LogP contribution in [0.2, 0.25) is 0 Å². The first-order valence-electron chi connectivity index (χ1n) is 8.30. The van der Waals surface area contributed by atoms with Crippen molar-refractivity contribution in [3.05, 3.63) is 28.2 Å². The first-order valence-corrected chi connectivity index (χ1v) is 9.09. The summed E-state index contributed by atoms with van der Waals surface area (Å²) in [5.41, 5.74) is 2.71. The maximum atomic E-state index is 3.77. The number of hydrogen-bond acceptors (Lipinski definition) is 2. The highest BCUT2D eigenvalue weighted by Gasteiger charge is 2.16. The number of anilines is 1. The first-order chi connectivity index (χ1) is 10.1. The first kappa shape index (κ1) is 16.8. The number of benzene rings is 1. The monoisotopic (exact) mass is 352 g/mol. The van der Waals surface area contributed by atoms with Gasteiger partial charge in [0.15, 0.2) is 0 Å². The Morgan fingerprint density at radius 1 is 1.29 bits per heavy atom. The summed E-state index contributed by atoms with van der Waals surface area (Å²) in [5, 5.41) is 3.51. The third kappa shape index (κ3) is 5.30. The van der Waals surface area contributed by atoms with E-state index in [1.54, 1.807) is 0 Å². The standard InChI is InChI=1S/C18H29BrN2/c1-14(2)12-20-13-16-6-7-18(17(19)11-16)21-9-4-5-15(3)8-10-21/h6-7,11,14-15,20H,4-5,8-10,12-13H2,1-3H3. The number of rotatable bonds is 5. The molecule has 2 rings (SSSR count). The molecule has 1 fully saturated rings. The van der Waals surface area contributed by atoms with Gasteiger partial charge < -0.3 is 10.2 Å². The van der Waals surface area contributed by atoms with Crippen LogP contribution in [-0.2, 0) is 6.54 Å². The molecular weight excluding hydrogens is 324 g/mol. The molecule has 1 aliphatic rings. The lowest BCUT2D eigenvalue weighted by Gasteiger charge is -2.24. The normalized spacial score (nSPS) is 19.9. The van der Waals surface area contributed by atoms with Gasteiger partial charge in [-0.05, 0) is 71.3 Å². The fourth-order valence-electron chi connectivity index (χ4n) is 2.93. The average molecular weight is 353 g/mol. The molecule has 0 aromatic heterocycles. The minimum Gasteiger partial charge on any atom is -0.371 e. The third-order valence-corrected chi connectivity index (χ3v) is 4.89. The van der Waals surface area contributed by atoms with Crippen LogP contribution in [0.1, 0.15) is 45.6 Å². The molecule has 2 nitrogen and oxygen atoms in total. The highest BCUT2D eigenvalue weighted by Crippen LogP contribution is 2.30. The molecule has 118 valence electrons. The molecule has 1 unspecified atom stereocenters. The van der Waals surface area contributed by atoms with Crippen LogP contribution in [0.15, 0.2) is 22.7 Å². The number of nitrogens with zero attached hydrogens (tertiary/aromatic N) is 1. The Labute approximate surface area is 138 Å². The van der Waals surface area contributed by atoms with Gasteiger partial charge in [-0.2, -0.15) is 0 Å². The van der Waals surface area contributed by atoms with E-state index < -0.39 is 0 Å². The topological polar surface area (TPSA) is 15.3 Å². The van der Waals surface area contributed by atoms with Gasteiger partial charge in [0, 0.05) is 24.1 Å². The summed E-state index contributed by atoms with van der Waals surface area (Å²) < 4.78 is 1.24. The highest BCUT2D eigenvalue weighted by molar-refractivity contribution is 9.10. The summed E-state index contributed by atoms with van der Waals surface area (Å²) in [6.45, 7) is 11.3. The molecule has 0 saturated carbocycles. The Kier molecular flexibility index (Phi) is 6.56. The molecule has 0 aliphatic carbocycles. The van der Waals surface area contributed by atoms with E-state index in [0.717, 1.165) is 19.0 Å². The van der Waals surface area contributed by atoms with Crippen molar-refractivity contribution >= 4 is 21.6 Å². The van der Waals surface area contributed by atoms with Crippen LogP contribution in [0, 0.1) is 11.8 Å². The minimum atomic E-state index is 0.701. The van der Waals surface area contributed by atoms with E-state index in [2.05, 4.69) is 65.1 Å². The van der Waals surface area contributed by atoms with Crippen molar-refractivity contribution in [1.29, 1.82) is 0 Å². The SMILES string of the molecule is CC(C)CNCc1ccc(N2CCCC(C)CC2)c(Br)c1. The van der Waals surface area contributed by atoms with Crippen LogP contribution in [0.5, 0.6) is 0 Å². The van der Waals surface area contributed by atoms with E-state index in [-0.39, 0.29) is 0 Å². The van der Waals surface area contributed by atoms with Gasteiger partial charge in [0.1, 0.15) is 0 Å². The van der Waals surface area contributed by atoms with E-state index in [1.165, 1.54) is 48.1 Å². The largest absolute Gasteiger partial charge is 0.371 e. The maximum Gasteiger partial charge on any atom is 0.0510 e. The maximum absolute atomic E-state index is 3.77. The molecule has 0 spiro atoms. The van der Waals surface area contributed by atoms with Gasteiger partial charge in [-0.3, -0.25) is 0 Å². The number of halogens is 1. The van der Waals surface area contributed by atoms with Crippen molar-refractivity contribution in [2.45, 2.75) is 46.6 Å². The van der Waals surface area contributed by atoms with Crippen molar-refractivity contribution < 1.29 is 0 Å². The fourth-order valence-corrected chi connectivity index (χ4v) is 3.60. The van der Waals surface area contributed by atoms with Gasteiger partial charge in [-0.25, -0.2) is 0 Å². The van der Waals surface area contributed by atoms with Crippen molar-refractivity contribution in [2.75, 3.05) is 24.5 Å². The van der Waals surface area contributed by atoms with E-state index in [1.807, 2.05) is 0 Å². The summed E-state index contributed by atoms with van der Waals surface area (Å²) in [6, 6.07) is 6.82. The zero-order valence-corrected chi connectivity index (χ0v) is 15.2. The molecule has 0 amide bonds. The number of hydrogen-bond donors (Lipinski definition) is 1. The molecule has 21 heavy (non-hydrogen) atoms. The van der Waals surface area contributed by atoms with Crippen LogP contribution in [-0.4, -0.2) is 19.6 Å². The van der Waals surface area contributed by atoms with Crippen LogP contribution >= 0.6 is 15.9 Å². The van der Waals surface area contributed by atoms with Gasteiger partial charge >= 0.3 is 0 Å². The lowest BCUT2D eigenvalue weighted by Crippen LogP contribution is -2.24. The second kappa shape index (κ2) is 8.19. The van der Waals surface area contributed by atoms with Gasteiger partial charge in [0.25, 0.3) is 0 Å². The summed E-state index contributed by atoms with van der Waals surface area (Å²) in [7, 11) is 0. The van der Waals surface area contributed by atoms with Crippen molar-refractivity contribution in [3.8, 4) is 0 Å². The second-order valence-corrected chi connectivity index (χ2v) is 7.69. The Bertz CT molecular complexity index is 445. The Hall–Kier alpha value is -0.540. The molecule has 3 heteroatoms. The lowest BCUT2D eigenvalue weighted by molar-refractivity contribution is 0.521. The third-order valence-electron chi connectivity index (χ3n) is 4.25. The molecular formula is C18H29BrN2. The molecule has 1 atom stereocenters. The van der Waals surface area contributed by atoms with Gasteiger partial charge in [0.2, 0.25) is 0 Å². The molecule has 1 N–H and O–H groups in total. The molecule has 1 heterocycles. The molecule has 0 radical (unpaired) electrons. The summed E-state index contributed by atoms with van der Waals surface area (Å²) in [4.78, 5) is 2.54. The molecule has 1 aromatic carbocycles. The van der Waals surface area contributed by atoms with E-state index in [0.29, 0.717) is 5.92 Å². The fraction of sp³-hybridized carbons (Fsp3) is 0.667. The lowest BCUT2D eigenvalue weighted by atomic mass is 10.0. The molecule has 0 bridgehead atoms. The predicted molar refractivity (Wildman–Crippen MR) is 95.9 cm³/mol. The van der Waals surface area contributed by atoms with Crippen LogP contribution in [0.3, 0.4) is 0 Å². The minimum absolute atomic E-state index is 0.701. The quantitative estimate of drug-likeness (QED) is 0.816. The van der Waals surface area contributed by atoms with Crippen molar-refractivity contribution in [1.82, 2.24) is 5.32 Å². The summed E-state index contributed by atoms with van der Waals surface area (Å²) in [6.07, 6.45) is 3.99. The van der Waals surface area contributed by atoms with Gasteiger partial charge in [-0.1, -0.05) is 26.8 Å². The predicted octanol–water partition coefficient (Wildman–Crippen LogP) is 4.82. The number of nitrogens with one attached hydrogen (secondary N) is 1. The van der Waals surface area contributed by atoms with Crippen LogP contribution < -0.4 is 10.2 Å². The van der Waals surface area contributed by atoms with Crippen molar-refractivity contribution in [3.63, 3.8) is 0 Å². The zero-order chi connectivity index (χ0) is 15.2. The smallest absolute Gasteiger partial charge is 0.0510 e. The van der Waals surface area contributed by atoms with E-state index in [4.69, 9.17) is 0 Å². The molecule has 1 aromatic rings. The van der Waals surface area contributed by atoms with E-state index in [9.17, 15) is 0 Å².